The maximum Gasteiger partial charge on any atom is 0.344 e. The van der Waals surface area contributed by atoms with Gasteiger partial charge in [0.25, 0.3) is 0 Å². The van der Waals surface area contributed by atoms with Gasteiger partial charge in [0.05, 0.1) is 5.69 Å². The van der Waals surface area contributed by atoms with Gasteiger partial charge in [-0.2, -0.15) is 0 Å². The highest BCUT2D eigenvalue weighted by Crippen LogP contribution is 2.14. The van der Waals surface area contributed by atoms with Gasteiger partial charge in [-0.05, 0) is 24.3 Å². The number of hydrogen-bond acceptors (Lipinski definition) is 5. The molecule has 98 valence electrons. The zero-order valence-electron chi connectivity index (χ0n) is 10.3. The predicted octanol–water partition coefficient (Wildman–Crippen LogP) is 1.79. The maximum absolute atomic E-state index is 11.5. The summed E-state index contributed by atoms with van der Waals surface area (Å²) >= 11 is 0. The lowest BCUT2D eigenvalue weighted by atomic mass is 10.3. The van der Waals surface area contributed by atoms with Gasteiger partial charge in [0.1, 0.15) is 12.4 Å². The molecule has 1 aromatic carbocycles. The van der Waals surface area contributed by atoms with Crippen LogP contribution < -0.4 is 10.5 Å². The maximum atomic E-state index is 11.5. The number of carbonyl (C=O) groups excluding carboxylic acids is 1. The molecule has 0 saturated heterocycles. The van der Waals surface area contributed by atoms with Gasteiger partial charge in [-0.3, -0.25) is 4.98 Å². The standard InChI is InChI=1S/C14H14N2O3/c15-11-4-3-6-13(8-11)18-10-14(17)19-9-12-5-1-2-7-16-12/h1-8H,9-10,15H2. The first-order valence-corrected chi connectivity index (χ1v) is 5.78. The molecule has 19 heavy (non-hydrogen) atoms. The molecule has 0 saturated carbocycles. The van der Waals surface area contributed by atoms with E-state index >= 15 is 0 Å². The van der Waals surface area contributed by atoms with Gasteiger partial charge in [0.2, 0.25) is 0 Å². The minimum Gasteiger partial charge on any atom is -0.482 e. The van der Waals surface area contributed by atoms with Crippen molar-refractivity contribution < 1.29 is 14.3 Å². The number of nitrogens with zero attached hydrogens (tertiary/aromatic N) is 1. The molecule has 0 radical (unpaired) electrons. The zero-order chi connectivity index (χ0) is 13.5. The van der Waals surface area contributed by atoms with E-state index < -0.39 is 5.97 Å². The van der Waals surface area contributed by atoms with Crippen LogP contribution in [0, 0.1) is 0 Å². The van der Waals surface area contributed by atoms with E-state index in [1.54, 1.807) is 42.6 Å². The lowest BCUT2D eigenvalue weighted by molar-refractivity contribution is -0.147. The number of esters is 1. The van der Waals surface area contributed by atoms with Crippen LogP contribution in [0.1, 0.15) is 5.69 Å². The summed E-state index contributed by atoms with van der Waals surface area (Å²) < 4.78 is 10.3. The molecule has 0 atom stereocenters. The summed E-state index contributed by atoms with van der Waals surface area (Å²) in [6, 6.07) is 12.3. The van der Waals surface area contributed by atoms with Crippen LogP contribution in [0.5, 0.6) is 5.75 Å². The number of nitrogen functional groups attached to an aromatic ring is 1. The first kappa shape index (κ1) is 12.9. The molecule has 0 aliphatic rings. The van der Waals surface area contributed by atoms with Crippen molar-refractivity contribution in [3.05, 3.63) is 54.4 Å². The van der Waals surface area contributed by atoms with E-state index in [-0.39, 0.29) is 13.2 Å². The SMILES string of the molecule is Nc1cccc(OCC(=O)OCc2ccccn2)c1. The molecule has 0 amide bonds. The van der Waals surface area contributed by atoms with Gasteiger partial charge < -0.3 is 15.2 Å². The Kier molecular flexibility index (Phi) is 4.34. The first-order chi connectivity index (χ1) is 9.24. The number of carbonyl (C=O) groups is 1. The van der Waals surface area contributed by atoms with E-state index in [4.69, 9.17) is 15.2 Å². The normalized spacial score (nSPS) is 9.89. The third kappa shape index (κ3) is 4.31. The Morgan fingerprint density at radius 3 is 2.84 bits per heavy atom. The fourth-order valence-electron chi connectivity index (χ4n) is 1.43. The second-order valence-corrected chi connectivity index (χ2v) is 3.84. The molecule has 0 aliphatic heterocycles. The van der Waals surface area contributed by atoms with Crippen LogP contribution in [0.15, 0.2) is 48.7 Å². The Morgan fingerprint density at radius 1 is 1.21 bits per heavy atom. The van der Waals surface area contributed by atoms with Gasteiger partial charge in [-0.15, -0.1) is 0 Å². The van der Waals surface area contributed by atoms with E-state index in [0.717, 1.165) is 0 Å². The van der Waals surface area contributed by atoms with Crippen molar-refractivity contribution in [2.45, 2.75) is 6.61 Å². The molecule has 0 fully saturated rings. The third-order valence-electron chi connectivity index (χ3n) is 2.32. The summed E-state index contributed by atoms with van der Waals surface area (Å²) in [5.41, 5.74) is 6.87. The van der Waals surface area contributed by atoms with Crippen molar-refractivity contribution in [2.75, 3.05) is 12.3 Å². The fraction of sp³-hybridized carbons (Fsp3) is 0.143. The van der Waals surface area contributed by atoms with Crippen LogP contribution >= 0.6 is 0 Å². The van der Waals surface area contributed by atoms with Crippen LogP contribution in [0.25, 0.3) is 0 Å². The molecule has 2 rings (SSSR count). The number of aromatic nitrogens is 1. The molecule has 5 heteroatoms. The summed E-state index contributed by atoms with van der Waals surface area (Å²) in [6.07, 6.45) is 1.65. The second-order valence-electron chi connectivity index (χ2n) is 3.84. The van der Waals surface area contributed by atoms with Crippen LogP contribution in [0.4, 0.5) is 5.69 Å². The van der Waals surface area contributed by atoms with E-state index in [1.165, 1.54) is 0 Å². The van der Waals surface area contributed by atoms with Gasteiger partial charge in [0.15, 0.2) is 6.61 Å². The summed E-state index contributed by atoms with van der Waals surface area (Å²) in [5, 5.41) is 0. The first-order valence-electron chi connectivity index (χ1n) is 5.78. The molecule has 2 N–H and O–H groups in total. The Hall–Kier alpha value is -2.56. The topological polar surface area (TPSA) is 74.4 Å². The Labute approximate surface area is 111 Å². The predicted molar refractivity (Wildman–Crippen MR) is 70.4 cm³/mol. The van der Waals surface area contributed by atoms with Crippen molar-refractivity contribution in [1.82, 2.24) is 4.98 Å². The lowest BCUT2D eigenvalue weighted by Gasteiger charge is -2.07. The van der Waals surface area contributed by atoms with Gasteiger partial charge >= 0.3 is 5.97 Å². The Balaban J connectivity index is 1.76. The van der Waals surface area contributed by atoms with E-state index in [2.05, 4.69) is 4.98 Å². The minimum atomic E-state index is -0.451. The van der Waals surface area contributed by atoms with E-state index in [9.17, 15) is 4.79 Å². The number of ether oxygens (including phenoxy) is 2. The summed E-state index contributed by atoms with van der Waals surface area (Å²) in [5.74, 6) is 0.0860. The number of pyridine rings is 1. The second kappa shape index (κ2) is 6.39. The average Bonchev–Trinajstić information content (AvgIpc) is 2.44. The summed E-state index contributed by atoms with van der Waals surface area (Å²) in [6.45, 7) is -0.0176. The van der Waals surface area contributed by atoms with E-state index in [0.29, 0.717) is 17.1 Å². The monoisotopic (exact) mass is 258 g/mol. The molecule has 1 aromatic heterocycles. The third-order valence-corrected chi connectivity index (χ3v) is 2.32. The number of anilines is 1. The zero-order valence-corrected chi connectivity index (χ0v) is 10.3. The summed E-state index contributed by atoms with van der Waals surface area (Å²) in [4.78, 5) is 15.5. The highest BCUT2D eigenvalue weighted by Gasteiger charge is 2.05. The van der Waals surface area contributed by atoms with Crippen molar-refractivity contribution in [3.8, 4) is 5.75 Å². The van der Waals surface area contributed by atoms with Crippen molar-refractivity contribution in [1.29, 1.82) is 0 Å². The van der Waals surface area contributed by atoms with Gasteiger partial charge in [-0.25, -0.2) is 4.79 Å². The highest BCUT2D eigenvalue weighted by molar-refractivity contribution is 5.71. The Bertz CT molecular complexity index is 543. The van der Waals surface area contributed by atoms with Crippen LogP contribution in [0.3, 0.4) is 0 Å². The quantitative estimate of drug-likeness (QED) is 0.653. The molecule has 0 aliphatic carbocycles. The molecule has 2 aromatic rings. The summed E-state index contributed by atoms with van der Waals surface area (Å²) in [7, 11) is 0. The smallest absolute Gasteiger partial charge is 0.344 e. The van der Waals surface area contributed by atoms with Crippen molar-refractivity contribution in [3.63, 3.8) is 0 Å². The lowest BCUT2D eigenvalue weighted by Crippen LogP contribution is -2.15. The number of benzene rings is 1. The van der Waals surface area contributed by atoms with Crippen LogP contribution in [0.2, 0.25) is 0 Å². The molecule has 1 heterocycles. The largest absolute Gasteiger partial charge is 0.482 e. The van der Waals surface area contributed by atoms with Crippen LogP contribution in [-0.2, 0) is 16.1 Å². The minimum absolute atomic E-state index is 0.139. The molecule has 0 bridgehead atoms. The van der Waals surface area contributed by atoms with E-state index in [1.807, 2.05) is 6.07 Å². The molecule has 5 nitrogen and oxygen atoms in total. The fourth-order valence-corrected chi connectivity index (χ4v) is 1.43. The number of rotatable bonds is 5. The van der Waals surface area contributed by atoms with Crippen molar-refractivity contribution in [2.24, 2.45) is 0 Å². The molecule has 0 spiro atoms. The van der Waals surface area contributed by atoms with Crippen molar-refractivity contribution >= 4 is 11.7 Å². The molecular formula is C14H14N2O3. The van der Waals surface area contributed by atoms with Gasteiger partial charge in [-0.1, -0.05) is 12.1 Å². The molecular weight excluding hydrogens is 244 g/mol. The highest BCUT2D eigenvalue weighted by atomic mass is 16.6. The van der Waals surface area contributed by atoms with Crippen LogP contribution in [-0.4, -0.2) is 17.6 Å². The average molecular weight is 258 g/mol. The number of nitrogens with two attached hydrogens (primary N) is 1. The number of hydrogen-bond donors (Lipinski definition) is 1. The van der Waals surface area contributed by atoms with Gasteiger partial charge in [0, 0.05) is 18.0 Å². The molecule has 0 unspecified atom stereocenters. The Morgan fingerprint density at radius 2 is 2.11 bits per heavy atom.